The molecule has 19 heavy (non-hydrogen) atoms. The van der Waals surface area contributed by atoms with Gasteiger partial charge in [-0.2, -0.15) is 5.10 Å². The molecule has 1 aromatic carbocycles. The number of aromatic nitrogens is 1. The molecule has 0 saturated heterocycles. The summed E-state index contributed by atoms with van der Waals surface area (Å²) in [6.45, 7) is 0. The van der Waals surface area contributed by atoms with Crippen molar-refractivity contribution in [1.29, 1.82) is 0 Å². The van der Waals surface area contributed by atoms with E-state index in [-0.39, 0.29) is 11.7 Å². The van der Waals surface area contributed by atoms with Gasteiger partial charge < -0.3 is 10.3 Å². The van der Waals surface area contributed by atoms with Gasteiger partial charge in [-0.05, 0) is 28.1 Å². The first-order valence-corrected chi connectivity index (χ1v) is 6.32. The molecule has 1 aliphatic rings. The highest BCUT2D eigenvalue weighted by molar-refractivity contribution is 9.10. The van der Waals surface area contributed by atoms with Gasteiger partial charge in [-0.15, -0.1) is 0 Å². The summed E-state index contributed by atoms with van der Waals surface area (Å²) in [5.41, 5.74) is 5.02. The van der Waals surface area contributed by atoms with E-state index in [1.54, 1.807) is 18.3 Å². The Hall–Kier alpha value is -2.09. The molecule has 0 saturated carbocycles. The van der Waals surface area contributed by atoms with Gasteiger partial charge in [-0.25, -0.2) is 5.43 Å². The van der Waals surface area contributed by atoms with Crippen molar-refractivity contribution in [2.45, 2.75) is 0 Å². The van der Waals surface area contributed by atoms with Gasteiger partial charge in [-0.1, -0.05) is 0 Å². The number of aromatic amines is 1. The number of benzene rings is 1. The third kappa shape index (κ3) is 1.93. The molecule has 3 N–H and O–H groups in total. The van der Waals surface area contributed by atoms with E-state index in [0.717, 1.165) is 21.1 Å². The lowest BCUT2D eigenvalue weighted by atomic mass is 10.0. The normalized spacial score (nSPS) is 13.2. The van der Waals surface area contributed by atoms with Crippen LogP contribution in [0.2, 0.25) is 0 Å². The predicted molar refractivity (Wildman–Crippen MR) is 78.6 cm³/mol. The number of rotatable bonds is 1. The monoisotopic (exact) mass is 318 g/mol. The summed E-state index contributed by atoms with van der Waals surface area (Å²) >= 11 is 3.39. The molecule has 0 radical (unpaired) electrons. The Morgan fingerprint density at radius 1 is 1.42 bits per heavy atom. The maximum atomic E-state index is 12.0. The number of nitrogens with zero attached hydrogens (tertiary/aromatic N) is 1. The van der Waals surface area contributed by atoms with Crippen molar-refractivity contribution in [1.82, 2.24) is 10.4 Å². The van der Waals surface area contributed by atoms with Gasteiger partial charge in [-0.3, -0.25) is 9.59 Å². The van der Waals surface area contributed by atoms with Crippen LogP contribution >= 0.6 is 15.9 Å². The van der Waals surface area contributed by atoms with Gasteiger partial charge in [0.05, 0.1) is 16.4 Å². The summed E-state index contributed by atoms with van der Waals surface area (Å²) in [5, 5.41) is 7.30. The second-order valence-electron chi connectivity index (χ2n) is 4.18. The van der Waals surface area contributed by atoms with Gasteiger partial charge >= 0.3 is 0 Å². The first kappa shape index (κ1) is 12.0. The quantitative estimate of drug-likeness (QED) is 0.689. The molecule has 0 atom stereocenters. The van der Waals surface area contributed by atoms with Crippen LogP contribution in [0.5, 0.6) is 0 Å². The summed E-state index contributed by atoms with van der Waals surface area (Å²) in [7, 11) is 1.42. The molecule has 0 spiro atoms. The van der Waals surface area contributed by atoms with Crippen LogP contribution in [0.4, 0.5) is 10.5 Å². The van der Waals surface area contributed by atoms with E-state index in [1.807, 2.05) is 0 Å². The Bertz CT molecular complexity index is 753. The SMILES string of the molecule is BC(=O)Nc1cc2c3c(c(Br)[nH]c3c1)C=NNC2=O. The number of carbonyl (C=O) groups excluding carboxylic acids is 2. The van der Waals surface area contributed by atoms with Crippen LogP contribution in [0, 0.1) is 0 Å². The number of hydrogen-bond acceptors (Lipinski definition) is 3. The van der Waals surface area contributed by atoms with E-state index in [4.69, 9.17) is 0 Å². The predicted octanol–water partition coefficient (Wildman–Crippen LogP) is 1.17. The molecule has 6 nitrogen and oxygen atoms in total. The van der Waals surface area contributed by atoms with Crippen molar-refractivity contribution in [3.8, 4) is 0 Å². The molecule has 1 aliphatic heterocycles. The highest BCUT2D eigenvalue weighted by Crippen LogP contribution is 2.31. The standard InChI is InChI=1S/C11H8BBrN4O2/c12-11(19)15-4-1-5-8-6(3-14-17-10(5)18)9(13)16-7(8)2-4/h1-3,16H,12H2,(H,15,19)(H,17,18). The topological polar surface area (TPSA) is 86.3 Å². The lowest BCUT2D eigenvalue weighted by molar-refractivity contribution is 0.0957. The third-order valence-electron chi connectivity index (χ3n) is 2.81. The first-order valence-electron chi connectivity index (χ1n) is 5.52. The minimum Gasteiger partial charge on any atom is -0.349 e. The van der Waals surface area contributed by atoms with Crippen molar-refractivity contribution < 1.29 is 9.59 Å². The fourth-order valence-corrected chi connectivity index (χ4v) is 2.63. The number of anilines is 1. The zero-order chi connectivity index (χ0) is 13.6. The van der Waals surface area contributed by atoms with E-state index in [0.29, 0.717) is 11.3 Å². The fourth-order valence-electron chi connectivity index (χ4n) is 2.12. The first-order chi connectivity index (χ1) is 9.06. The van der Waals surface area contributed by atoms with Crippen LogP contribution in [0.3, 0.4) is 0 Å². The van der Waals surface area contributed by atoms with Gasteiger partial charge in [0.25, 0.3) is 5.91 Å². The summed E-state index contributed by atoms with van der Waals surface area (Å²) in [6.07, 6.45) is 1.58. The maximum absolute atomic E-state index is 12.0. The Balaban J connectivity index is 2.32. The molecule has 1 aromatic heterocycles. The Labute approximate surface area is 117 Å². The molecule has 2 heterocycles. The Morgan fingerprint density at radius 3 is 2.95 bits per heavy atom. The zero-order valence-electron chi connectivity index (χ0n) is 9.87. The van der Waals surface area contributed by atoms with Crippen LogP contribution in [0.15, 0.2) is 21.8 Å². The molecule has 2 aromatic rings. The van der Waals surface area contributed by atoms with E-state index in [1.165, 1.54) is 7.85 Å². The lowest BCUT2D eigenvalue weighted by Gasteiger charge is -2.06. The minimum absolute atomic E-state index is 0.192. The molecular weight excluding hydrogens is 311 g/mol. The zero-order valence-corrected chi connectivity index (χ0v) is 11.5. The number of carbonyl (C=O) groups is 2. The van der Waals surface area contributed by atoms with Crippen LogP contribution in [0.25, 0.3) is 10.9 Å². The van der Waals surface area contributed by atoms with Crippen LogP contribution in [-0.2, 0) is 0 Å². The minimum atomic E-state index is -0.307. The van der Waals surface area contributed by atoms with Gasteiger partial charge in [0.1, 0.15) is 0 Å². The molecule has 94 valence electrons. The summed E-state index contributed by atoms with van der Waals surface area (Å²) in [4.78, 5) is 26.2. The maximum Gasteiger partial charge on any atom is 0.272 e. The number of halogens is 1. The van der Waals surface area contributed by atoms with Crippen molar-refractivity contribution in [3.63, 3.8) is 0 Å². The highest BCUT2D eigenvalue weighted by atomic mass is 79.9. The van der Waals surface area contributed by atoms with E-state index >= 15 is 0 Å². The summed E-state index contributed by atoms with van der Waals surface area (Å²) in [6, 6.07) is 3.42. The number of hydrogen-bond donors (Lipinski definition) is 3. The average Bonchev–Trinajstić information content (AvgIpc) is 2.52. The third-order valence-corrected chi connectivity index (χ3v) is 3.44. The van der Waals surface area contributed by atoms with Crippen molar-refractivity contribution in [3.05, 3.63) is 27.9 Å². The smallest absolute Gasteiger partial charge is 0.272 e. The Morgan fingerprint density at radius 2 is 2.21 bits per heavy atom. The molecule has 0 fully saturated rings. The summed E-state index contributed by atoms with van der Waals surface area (Å²) in [5.74, 6) is -0.499. The second kappa shape index (κ2) is 4.23. The molecular formula is C11H8BBrN4O2. The van der Waals surface area contributed by atoms with Gasteiger partial charge in [0.15, 0.2) is 5.81 Å². The molecule has 0 unspecified atom stereocenters. The largest absolute Gasteiger partial charge is 0.349 e. The number of nitrogens with one attached hydrogen (secondary N) is 3. The highest BCUT2D eigenvalue weighted by Gasteiger charge is 2.20. The van der Waals surface area contributed by atoms with Crippen molar-refractivity contribution in [2.75, 3.05) is 5.32 Å². The van der Waals surface area contributed by atoms with E-state index in [2.05, 4.69) is 36.8 Å². The Kier molecular flexibility index (Phi) is 2.67. The molecule has 0 bridgehead atoms. The van der Waals surface area contributed by atoms with Crippen LogP contribution in [0.1, 0.15) is 15.9 Å². The lowest BCUT2D eigenvalue weighted by Crippen LogP contribution is -2.17. The number of H-pyrrole nitrogens is 1. The van der Waals surface area contributed by atoms with E-state index < -0.39 is 0 Å². The number of hydrazone groups is 1. The van der Waals surface area contributed by atoms with Crippen LogP contribution < -0.4 is 10.7 Å². The number of amides is 2. The van der Waals surface area contributed by atoms with E-state index in [9.17, 15) is 9.59 Å². The van der Waals surface area contributed by atoms with Gasteiger partial charge in [0, 0.05) is 22.2 Å². The molecule has 3 rings (SSSR count). The molecule has 8 heteroatoms. The van der Waals surface area contributed by atoms with Crippen LogP contribution in [-0.4, -0.2) is 30.8 Å². The fraction of sp³-hybridized carbons (Fsp3) is 0. The molecule has 2 amide bonds. The second-order valence-corrected chi connectivity index (χ2v) is 4.97. The average molecular weight is 319 g/mol. The van der Waals surface area contributed by atoms with Crippen molar-refractivity contribution >= 4 is 58.3 Å². The van der Waals surface area contributed by atoms with Crippen molar-refractivity contribution in [2.24, 2.45) is 5.10 Å². The summed E-state index contributed by atoms with van der Waals surface area (Å²) < 4.78 is 0.740. The molecule has 0 aliphatic carbocycles. The van der Waals surface area contributed by atoms with Gasteiger partial charge in [0.2, 0.25) is 7.85 Å².